The minimum atomic E-state index is -0.582. The molecule has 3 aromatic rings. The molecule has 0 saturated carbocycles. The molecule has 164 valence electrons. The van der Waals surface area contributed by atoms with Gasteiger partial charge in [0.1, 0.15) is 19.0 Å². The molecule has 1 fully saturated rings. The highest BCUT2D eigenvalue weighted by molar-refractivity contribution is 5.79. The van der Waals surface area contributed by atoms with E-state index in [9.17, 15) is 18.8 Å². The van der Waals surface area contributed by atoms with E-state index in [1.807, 2.05) is 0 Å². The molecular formula is C19H22FN7O4. The molecule has 1 atom stereocenters. The molecule has 0 aliphatic carbocycles. The first kappa shape index (κ1) is 20.7. The summed E-state index contributed by atoms with van der Waals surface area (Å²) in [7, 11) is 2.89. The van der Waals surface area contributed by atoms with Crippen molar-refractivity contribution in [1.82, 2.24) is 33.6 Å². The van der Waals surface area contributed by atoms with E-state index in [0.29, 0.717) is 19.4 Å². The van der Waals surface area contributed by atoms with E-state index in [1.54, 1.807) is 11.8 Å². The number of ether oxygens (including phenoxy) is 1. The Morgan fingerprint density at radius 3 is 2.74 bits per heavy atom. The van der Waals surface area contributed by atoms with E-state index in [4.69, 9.17) is 4.74 Å². The number of likely N-dealkylation sites (tertiary alicyclic amines) is 1. The SMILES string of the molecule is CCc1ncnc(O[C@H]2CCN(C(=O)Cn3cnc4c3c(=O)n(C)c(=O)n4C)C2)c1F. The maximum Gasteiger partial charge on any atom is 0.332 e. The van der Waals surface area contributed by atoms with Crippen molar-refractivity contribution in [3.8, 4) is 5.88 Å². The molecule has 0 radical (unpaired) electrons. The number of carbonyl (C=O) groups is 1. The monoisotopic (exact) mass is 431 g/mol. The van der Waals surface area contributed by atoms with Gasteiger partial charge in [0.25, 0.3) is 11.4 Å². The van der Waals surface area contributed by atoms with Crippen LogP contribution in [0.15, 0.2) is 22.2 Å². The number of imidazole rings is 1. The van der Waals surface area contributed by atoms with E-state index in [-0.39, 0.29) is 41.7 Å². The predicted molar refractivity (Wildman–Crippen MR) is 107 cm³/mol. The molecule has 1 aliphatic rings. The van der Waals surface area contributed by atoms with Crippen LogP contribution in [0.4, 0.5) is 4.39 Å². The van der Waals surface area contributed by atoms with Crippen LogP contribution in [0.1, 0.15) is 19.0 Å². The molecule has 0 bridgehead atoms. The fourth-order valence-electron chi connectivity index (χ4n) is 3.69. The Labute approximate surface area is 175 Å². The summed E-state index contributed by atoms with van der Waals surface area (Å²) in [5, 5.41) is 0. The van der Waals surface area contributed by atoms with E-state index >= 15 is 0 Å². The summed E-state index contributed by atoms with van der Waals surface area (Å²) in [5.41, 5.74) is -0.331. The van der Waals surface area contributed by atoms with Gasteiger partial charge in [0.05, 0.1) is 18.6 Å². The zero-order chi connectivity index (χ0) is 22.3. The van der Waals surface area contributed by atoms with Gasteiger partial charge in [-0.3, -0.25) is 18.7 Å². The first-order valence-electron chi connectivity index (χ1n) is 9.86. The average molecular weight is 431 g/mol. The second kappa shape index (κ2) is 7.93. The van der Waals surface area contributed by atoms with Crippen molar-refractivity contribution in [2.45, 2.75) is 32.4 Å². The lowest BCUT2D eigenvalue weighted by atomic mass is 10.3. The Bertz CT molecular complexity index is 1280. The second-order valence-electron chi connectivity index (χ2n) is 7.41. The van der Waals surface area contributed by atoms with Crippen molar-refractivity contribution >= 4 is 17.1 Å². The van der Waals surface area contributed by atoms with Crippen molar-refractivity contribution in [1.29, 1.82) is 0 Å². The van der Waals surface area contributed by atoms with Crippen LogP contribution in [0, 0.1) is 5.82 Å². The first-order valence-corrected chi connectivity index (χ1v) is 9.86. The number of nitrogens with zero attached hydrogens (tertiary/aromatic N) is 7. The lowest BCUT2D eigenvalue weighted by Gasteiger charge is -2.18. The van der Waals surface area contributed by atoms with Crippen molar-refractivity contribution in [3.63, 3.8) is 0 Å². The van der Waals surface area contributed by atoms with Gasteiger partial charge in [0.15, 0.2) is 11.2 Å². The standard InChI is InChI=1S/C19H22FN7O4/c1-4-12-14(20)17(22-9-21-12)31-11-5-6-26(7-11)13(28)8-27-10-23-16-15(27)18(29)25(3)19(30)24(16)2/h9-11H,4-8H2,1-3H3/t11-/m0/s1. The first-order chi connectivity index (χ1) is 14.8. The highest BCUT2D eigenvalue weighted by atomic mass is 19.1. The predicted octanol–water partition coefficient (Wildman–Crippen LogP) is -0.395. The Hall–Kier alpha value is -3.57. The van der Waals surface area contributed by atoms with Crippen LogP contribution in [0.3, 0.4) is 0 Å². The minimum Gasteiger partial charge on any atom is -0.470 e. The number of aromatic nitrogens is 6. The van der Waals surface area contributed by atoms with E-state index in [0.717, 1.165) is 4.57 Å². The van der Waals surface area contributed by atoms with E-state index < -0.39 is 23.2 Å². The van der Waals surface area contributed by atoms with Gasteiger partial charge in [-0.15, -0.1) is 0 Å². The van der Waals surface area contributed by atoms with Crippen molar-refractivity contribution in [2.24, 2.45) is 14.1 Å². The maximum atomic E-state index is 14.3. The van der Waals surface area contributed by atoms with Gasteiger partial charge in [0.2, 0.25) is 11.7 Å². The van der Waals surface area contributed by atoms with E-state index in [2.05, 4.69) is 15.0 Å². The summed E-state index contributed by atoms with van der Waals surface area (Å²) < 4.78 is 23.7. The number of carbonyl (C=O) groups excluding carboxylic acids is 1. The third kappa shape index (κ3) is 3.57. The molecule has 0 aromatic carbocycles. The minimum absolute atomic E-state index is 0.113. The molecule has 12 heteroatoms. The van der Waals surface area contributed by atoms with E-state index in [1.165, 1.54) is 35.9 Å². The Morgan fingerprint density at radius 1 is 1.23 bits per heavy atom. The molecule has 31 heavy (non-hydrogen) atoms. The van der Waals surface area contributed by atoms with Crippen LogP contribution in [0.5, 0.6) is 5.88 Å². The summed E-state index contributed by atoms with van der Waals surface area (Å²) in [4.78, 5) is 50.8. The molecular weight excluding hydrogens is 409 g/mol. The smallest absolute Gasteiger partial charge is 0.332 e. The molecule has 0 spiro atoms. The number of hydrogen-bond donors (Lipinski definition) is 0. The number of aryl methyl sites for hydroxylation is 2. The van der Waals surface area contributed by atoms with Gasteiger partial charge in [0, 0.05) is 27.1 Å². The fraction of sp³-hybridized carbons (Fsp3) is 0.474. The van der Waals surface area contributed by atoms with Crippen molar-refractivity contribution in [2.75, 3.05) is 13.1 Å². The van der Waals surface area contributed by atoms with Crippen LogP contribution in [0.25, 0.3) is 11.2 Å². The highest BCUT2D eigenvalue weighted by Gasteiger charge is 2.29. The third-order valence-corrected chi connectivity index (χ3v) is 5.46. The number of halogens is 1. The topological polar surface area (TPSA) is 117 Å². The maximum absolute atomic E-state index is 14.3. The molecule has 1 aliphatic heterocycles. The lowest BCUT2D eigenvalue weighted by molar-refractivity contribution is -0.131. The third-order valence-electron chi connectivity index (χ3n) is 5.46. The number of rotatable bonds is 5. The van der Waals surface area contributed by atoms with Crippen LogP contribution in [-0.4, -0.2) is 58.7 Å². The van der Waals surface area contributed by atoms with Gasteiger partial charge in [-0.1, -0.05) is 6.92 Å². The summed E-state index contributed by atoms with van der Waals surface area (Å²) >= 11 is 0. The van der Waals surface area contributed by atoms with Crippen LogP contribution < -0.4 is 16.0 Å². The Morgan fingerprint density at radius 2 is 2.00 bits per heavy atom. The zero-order valence-electron chi connectivity index (χ0n) is 17.4. The summed E-state index contributed by atoms with van der Waals surface area (Å²) in [6, 6.07) is 0. The number of fused-ring (bicyclic) bond motifs is 1. The van der Waals surface area contributed by atoms with Crippen molar-refractivity contribution < 1.29 is 13.9 Å². The molecule has 0 unspecified atom stereocenters. The number of hydrogen-bond acceptors (Lipinski definition) is 7. The van der Waals surface area contributed by atoms with Gasteiger partial charge in [-0.25, -0.2) is 14.8 Å². The summed E-state index contributed by atoms with van der Waals surface area (Å²) in [6.45, 7) is 2.38. The van der Waals surface area contributed by atoms with Gasteiger partial charge in [-0.2, -0.15) is 9.37 Å². The lowest BCUT2D eigenvalue weighted by Crippen LogP contribution is -2.38. The molecule has 1 amide bonds. The van der Waals surface area contributed by atoms with Crippen LogP contribution in [0.2, 0.25) is 0 Å². The quantitative estimate of drug-likeness (QED) is 0.540. The van der Waals surface area contributed by atoms with Crippen molar-refractivity contribution in [3.05, 3.63) is 45.0 Å². The zero-order valence-corrected chi connectivity index (χ0v) is 17.4. The molecule has 1 saturated heterocycles. The van der Waals surface area contributed by atoms with Gasteiger partial charge in [-0.05, 0) is 6.42 Å². The Kier molecular flexibility index (Phi) is 5.29. The largest absolute Gasteiger partial charge is 0.470 e. The van der Waals surface area contributed by atoms with Gasteiger partial charge < -0.3 is 14.2 Å². The Balaban J connectivity index is 1.49. The molecule has 3 aromatic heterocycles. The molecule has 4 rings (SSSR count). The molecule has 4 heterocycles. The average Bonchev–Trinajstić information content (AvgIpc) is 3.39. The van der Waals surface area contributed by atoms with Crippen LogP contribution >= 0.6 is 0 Å². The summed E-state index contributed by atoms with van der Waals surface area (Å²) in [5.74, 6) is -0.934. The normalized spacial score (nSPS) is 16.3. The molecule has 0 N–H and O–H groups in total. The number of amides is 1. The second-order valence-corrected chi connectivity index (χ2v) is 7.41. The summed E-state index contributed by atoms with van der Waals surface area (Å²) in [6.07, 6.45) is 3.18. The highest BCUT2D eigenvalue weighted by Crippen LogP contribution is 2.21. The van der Waals surface area contributed by atoms with Gasteiger partial charge >= 0.3 is 5.69 Å². The van der Waals surface area contributed by atoms with Crippen LogP contribution in [-0.2, 0) is 31.9 Å². The fourth-order valence-corrected chi connectivity index (χ4v) is 3.69. The molecule has 11 nitrogen and oxygen atoms in total.